The van der Waals surface area contributed by atoms with Crippen molar-refractivity contribution in [1.29, 1.82) is 0 Å². The summed E-state index contributed by atoms with van der Waals surface area (Å²) < 4.78 is 31.1. The maximum Gasteiger partial charge on any atom is 0.117 e. The van der Waals surface area contributed by atoms with Crippen molar-refractivity contribution in [3.05, 3.63) is 25.0 Å². The lowest BCUT2D eigenvalue weighted by atomic mass is 10.7. The molecule has 0 aromatic rings. The van der Waals surface area contributed by atoms with E-state index in [4.69, 9.17) is 28.4 Å². The molecule has 0 amide bonds. The zero-order valence-electron chi connectivity index (χ0n) is 10.4. The van der Waals surface area contributed by atoms with Gasteiger partial charge >= 0.3 is 0 Å². The fourth-order valence-corrected chi connectivity index (χ4v) is 1.06. The second-order valence-corrected chi connectivity index (χ2v) is 3.25. The Bertz CT molecular complexity index is 185. The van der Waals surface area contributed by atoms with Crippen LogP contribution in [0.3, 0.4) is 0 Å². The summed E-state index contributed by atoms with van der Waals surface area (Å²) in [5.41, 5.74) is 0. The molecule has 1 rings (SSSR count). The summed E-state index contributed by atoms with van der Waals surface area (Å²) in [6.45, 7) is 3.97. The molecule has 0 N–H and O–H groups in total. The average molecular weight is 260 g/mol. The second-order valence-electron chi connectivity index (χ2n) is 3.25. The van der Waals surface area contributed by atoms with E-state index in [9.17, 15) is 0 Å². The van der Waals surface area contributed by atoms with Gasteiger partial charge in [0.1, 0.15) is 51.5 Å². The summed E-state index contributed by atoms with van der Waals surface area (Å²) in [5.74, 6) is 0. The predicted octanol–water partition coefficient (Wildman–Crippen LogP) is 1.04. The standard InChI is InChI=1S/C12H20O6/c1-2-14-5-6-16-9-10-18-12-11-17-8-7-15-4-3-13-1/h1-2,11-12H,3-10H2/b2-1-,12-11-. The highest BCUT2D eigenvalue weighted by molar-refractivity contribution is 4.62. The lowest BCUT2D eigenvalue weighted by Crippen LogP contribution is -2.08. The van der Waals surface area contributed by atoms with E-state index in [1.165, 1.54) is 25.0 Å². The number of ether oxygens (including phenoxy) is 6. The lowest BCUT2D eigenvalue weighted by molar-refractivity contribution is 0.0405. The predicted molar refractivity (Wildman–Crippen MR) is 63.7 cm³/mol. The highest BCUT2D eigenvalue weighted by Gasteiger charge is 1.90. The molecule has 6 nitrogen and oxygen atoms in total. The Kier molecular flexibility index (Phi) is 9.83. The van der Waals surface area contributed by atoms with Gasteiger partial charge in [0.15, 0.2) is 0 Å². The fraction of sp³-hybridized carbons (Fsp3) is 0.667. The molecule has 0 bridgehead atoms. The molecule has 104 valence electrons. The van der Waals surface area contributed by atoms with Gasteiger partial charge in [-0.3, -0.25) is 0 Å². The van der Waals surface area contributed by atoms with Crippen LogP contribution in [0.5, 0.6) is 0 Å². The molecule has 0 aromatic carbocycles. The van der Waals surface area contributed by atoms with Crippen LogP contribution < -0.4 is 0 Å². The molecule has 0 atom stereocenters. The third kappa shape index (κ3) is 9.80. The Hall–Kier alpha value is -1.40. The van der Waals surface area contributed by atoms with E-state index in [1.807, 2.05) is 0 Å². The van der Waals surface area contributed by atoms with Crippen molar-refractivity contribution in [2.45, 2.75) is 0 Å². The van der Waals surface area contributed by atoms with Crippen LogP contribution in [-0.2, 0) is 28.4 Å². The zero-order valence-corrected chi connectivity index (χ0v) is 10.4. The number of hydrogen-bond acceptors (Lipinski definition) is 6. The monoisotopic (exact) mass is 260 g/mol. The molecule has 0 unspecified atom stereocenters. The first-order chi connectivity index (χ1) is 9.00. The molecule has 1 aliphatic rings. The molecule has 1 heterocycles. The van der Waals surface area contributed by atoms with E-state index < -0.39 is 0 Å². The van der Waals surface area contributed by atoms with Gasteiger partial charge < -0.3 is 28.4 Å². The van der Waals surface area contributed by atoms with Gasteiger partial charge in [0, 0.05) is 0 Å². The smallest absolute Gasteiger partial charge is 0.117 e. The van der Waals surface area contributed by atoms with Crippen LogP contribution in [0.1, 0.15) is 0 Å². The quantitative estimate of drug-likeness (QED) is 0.648. The van der Waals surface area contributed by atoms with Crippen LogP contribution in [0.4, 0.5) is 0 Å². The van der Waals surface area contributed by atoms with Gasteiger partial charge in [0.2, 0.25) is 0 Å². The first kappa shape index (κ1) is 14.7. The van der Waals surface area contributed by atoms with E-state index in [0.717, 1.165) is 0 Å². The molecule has 0 aromatic heterocycles. The van der Waals surface area contributed by atoms with Crippen LogP contribution in [0.15, 0.2) is 25.0 Å². The normalized spacial score (nSPS) is 24.0. The zero-order chi connectivity index (χ0) is 12.7. The molecule has 0 saturated heterocycles. The number of rotatable bonds is 0. The minimum absolute atomic E-state index is 0.481. The van der Waals surface area contributed by atoms with Crippen molar-refractivity contribution in [2.75, 3.05) is 52.9 Å². The highest BCUT2D eigenvalue weighted by atomic mass is 16.6. The van der Waals surface area contributed by atoms with Crippen molar-refractivity contribution in [1.82, 2.24) is 0 Å². The van der Waals surface area contributed by atoms with Crippen LogP contribution in [0.2, 0.25) is 0 Å². The van der Waals surface area contributed by atoms with Gasteiger partial charge in [-0.15, -0.1) is 0 Å². The summed E-state index contributed by atoms with van der Waals surface area (Å²) in [6.07, 6.45) is 5.98. The lowest BCUT2D eigenvalue weighted by Gasteiger charge is -2.06. The maximum atomic E-state index is 5.26. The molecule has 0 aliphatic carbocycles. The van der Waals surface area contributed by atoms with Gasteiger partial charge in [-0.05, 0) is 0 Å². The maximum absolute atomic E-state index is 5.26. The molecule has 0 spiro atoms. The molecule has 18 heavy (non-hydrogen) atoms. The second kappa shape index (κ2) is 12.1. The van der Waals surface area contributed by atoms with Crippen molar-refractivity contribution in [2.24, 2.45) is 0 Å². The summed E-state index contributed by atoms with van der Waals surface area (Å²) in [5, 5.41) is 0. The summed E-state index contributed by atoms with van der Waals surface area (Å²) in [6, 6.07) is 0. The van der Waals surface area contributed by atoms with E-state index in [1.54, 1.807) is 0 Å². The Morgan fingerprint density at radius 3 is 0.944 bits per heavy atom. The summed E-state index contributed by atoms with van der Waals surface area (Å²) in [7, 11) is 0. The third-order valence-electron chi connectivity index (χ3n) is 1.88. The third-order valence-corrected chi connectivity index (χ3v) is 1.88. The molecule has 0 saturated carbocycles. The van der Waals surface area contributed by atoms with Gasteiger partial charge in [-0.1, -0.05) is 0 Å². The van der Waals surface area contributed by atoms with E-state index in [2.05, 4.69) is 0 Å². The summed E-state index contributed by atoms with van der Waals surface area (Å²) >= 11 is 0. The molecule has 1 aliphatic heterocycles. The molecule has 0 radical (unpaired) electrons. The average Bonchev–Trinajstić information content (AvgIpc) is 2.39. The van der Waals surface area contributed by atoms with Crippen molar-refractivity contribution < 1.29 is 28.4 Å². The highest BCUT2D eigenvalue weighted by Crippen LogP contribution is 1.87. The van der Waals surface area contributed by atoms with Crippen LogP contribution in [-0.4, -0.2) is 52.9 Å². The molecule has 0 fully saturated rings. The van der Waals surface area contributed by atoms with E-state index >= 15 is 0 Å². The summed E-state index contributed by atoms with van der Waals surface area (Å²) in [4.78, 5) is 0. The van der Waals surface area contributed by atoms with Crippen molar-refractivity contribution >= 4 is 0 Å². The first-order valence-corrected chi connectivity index (χ1v) is 5.92. The van der Waals surface area contributed by atoms with Crippen LogP contribution >= 0.6 is 0 Å². The number of hydrogen-bond donors (Lipinski definition) is 0. The van der Waals surface area contributed by atoms with Crippen LogP contribution in [0.25, 0.3) is 0 Å². The van der Waals surface area contributed by atoms with Gasteiger partial charge in [-0.25, -0.2) is 0 Å². The topological polar surface area (TPSA) is 55.4 Å². The van der Waals surface area contributed by atoms with E-state index in [0.29, 0.717) is 52.9 Å². The minimum Gasteiger partial charge on any atom is -0.496 e. The molecule has 6 heteroatoms. The minimum atomic E-state index is 0.481. The van der Waals surface area contributed by atoms with Gasteiger partial charge in [0.05, 0.1) is 26.4 Å². The van der Waals surface area contributed by atoms with Gasteiger partial charge in [-0.2, -0.15) is 0 Å². The SMILES string of the molecule is C1=C\OCCOCCO/C=C\OCCOCCO/1. The van der Waals surface area contributed by atoms with Crippen molar-refractivity contribution in [3.63, 3.8) is 0 Å². The van der Waals surface area contributed by atoms with Gasteiger partial charge in [0.25, 0.3) is 0 Å². The first-order valence-electron chi connectivity index (χ1n) is 5.92. The Balaban J connectivity index is 2.12. The Morgan fingerprint density at radius 1 is 0.389 bits per heavy atom. The largest absolute Gasteiger partial charge is 0.496 e. The Morgan fingerprint density at radius 2 is 0.667 bits per heavy atom. The molecular formula is C12H20O6. The van der Waals surface area contributed by atoms with Crippen LogP contribution in [0, 0.1) is 0 Å². The molecular weight excluding hydrogens is 240 g/mol. The van der Waals surface area contributed by atoms with Crippen molar-refractivity contribution in [3.8, 4) is 0 Å². The Labute approximate surface area is 107 Å². The fourth-order valence-electron chi connectivity index (χ4n) is 1.06. The van der Waals surface area contributed by atoms with E-state index in [-0.39, 0.29) is 0 Å².